The van der Waals surface area contributed by atoms with Crippen LogP contribution in [0, 0.1) is 20.8 Å². The van der Waals surface area contributed by atoms with Gasteiger partial charge in [-0.15, -0.1) is 0 Å². The number of carbonyl (C=O) groups excluding carboxylic acids is 1. The number of rotatable bonds is 8. The summed E-state index contributed by atoms with van der Waals surface area (Å²) in [6.07, 6.45) is 0. The highest BCUT2D eigenvalue weighted by atomic mass is 32.2. The van der Waals surface area contributed by atoms with E-state index in [1.807, 2.05) is 70.2 Å². The quantitative estimate of drug-likeness (QED) is 0.292. The van der Waals surface area contributed by atoms with Crippen LogP contribution in [0.4, 0.5) is 5.69 Å². The molecule has 2 aromatic carbocycles. The van der Waals surface area contributed by atoms with Crippen molar-refractivity contribution < 1.29 is 9.53 Å². The Morgan fingerprint density at radius 1 is 1.14 bits per heavy atom. The lowest BCUT2D eigenvalue weighted by Gasteiger charge is -2.14. The van der Waals surface area contributed by atoms with Crippen molar-refractivity contribution in [3.63, 3.8) is 0 Å². The summed E-state index contributed by atoms with van der Waals surface area (Å²) in [5, 5.41) is 7.93. The van der Waals surface area contributed by atoms with Crippen LogP contribution in [0.2, 0.25) is 0 Å². The molecule has 0 spiro atoms. The van der Waals surface area contributed by atoms with Crippen molar-refractivity contribution in [1.29, 1.82) is 0 Å². The zero-order valence-corrected chi connectivity index (χ0v) is 21.4. The average Bonchev–Trinajstić information content (AvgIpc) is 3.17. The summed E-state index contributed by atoms with van der Waals surface area (Å²) in [4.78, 5) is 31.2. The molecule has 2 aromatic heterocycles. The molecular weight excluding hydrogens is 462 g/mol. The highest BCUT2D eigenvalue weighted by molar-refractivity contribution is 7.99. The molecule has 35 heavy (non-hydrogen) atoms. The maximum absolute atomic E-state index is 13.6. The monoisotopic (exact) mass is 491 g/mol. The zero-order chi connectivity index (χ0) is 25.1. The van der Waals surface area contributed by atoms with Gasteiger partial charge in [-0.05, 0) is 62.6 Å². The molecule has 0 aliphatic carbocycles. The van der Waals surface area contributed by atoms with Crippen molar-refractivity contribution in [1.82, 2.24) is 19.3 Å². The van der Waals surface area contributed by atoms with Gasteiger partial charge in [0.05, 0.1) is 25.1 Å². The maximum atomic E-state index is 13.6. The fourth-order valence-electron chi connectivity index (χ4n) is 3.91. The minimum absolute atomic E-state index is 0.115. The molecule has 0 radical (unpaired) electrons. The molecule has 4 aromatic rings. The van der Waals surface area contributed by atoms with E-state index in [9.17, 15) is 9.59 Å². The Morgan fingerprint density at radius 2 is 1.94 bits per heavy atom. The van der Waals surface area contributed by atoms with Crippen molar-refractivity contribution in [3.8, 4) is 5.75 Å². The number of fused-ring (bicyclic) bond motifs is 1. The third-order valence-corrected chi connectivity index (χ3v) is 6.73. The van der Waals surface area contributed by atoms with E-state index < -0.39 is 0 Å². The van der Waals surface area contributed by atoms with E-state index in [0.29, 0.717) is 40.7 Å². The Balaban J connectivity index is 1.69. The van der Waals surface area contributed by atoms with Gasteiger partial charge in [0.25, 0.3) is 5.56 Å². The van der Waals surface area contributed by atoms with E-state index in [1.54, 1.807) is 16.4 Å². The van der Waals surface area contributed by atoms with Gasteiger partial charge in [0.2, 0.25) is 5.91 Å². The summed E-state index contributed by atoms with van der Waals surface area (Å²) in [6.45, 7) is 8.59. The Labute approximate surface area is 208 Å². The van der Waals surface area contributed by atoms with E-state index in [2.05, 4.69) is 10.4 Å². The summed E-state index contributed by atoms with van der Waals surface area (Å²) in [7, 11) is 1.61. The molecule has 0 bridgehead atoms. The van der Waals surface area contributed by atoms with Crippen LogP contribution in [-0.4, -0.2) is 38.1 Å². The number of aryl methyl sites for hydroxylation is 4. The smallest absolute Gasteiger partial charge is 0.280 e. The SMILES string of the molecule is CCn1nc(C)c2nc(SCC(=O)Nc3cc(C)ccc3C)n(Cc3cccc(OC)c3)c(=O)c21. The van der Waals surface area contributed by atoms with Crippen LogP contribution in [0.15, 0.2) is 52.4 Å². The normalized spacial score (nSPS) is 11.1. The molecule has 0 aliphatic rings. The Kier molecular flexibility index (Phi) is 7.25. The molecule has 4 rings (SSSR count). The number of thioether (sulfide) groups is 1. The topological polar surface area (TPSA) is 91.0 Å². The van der Waals surface area contributed by atoms with E-state index in [0.717, 1.165) is 22.4 Å². The van der Waals surface area contributed by atoms with Gasteiger partial charge >= 0.3 is 0 Å². The van der Waals surface area contributed by atoms with Gasteiger partial charge in [0.15, 0.2) is 10.7 Å². The molecule has 0 fully saturated rings. The van der Waals surface area contributed by atoms with Crippen molar-refractivity contribution in [3.05, 3.63) is 75.2 Å². The van der Waals surface area contributed by atoms with Gasteiger partial charge in [-0.1, -0.05) is 36.0 Å². The Bertz CT molecular complexity index is 1460. The van der Waals surface area contributed by atoms with Crippen molar-refractivity contribution in [2.24, 2.45) is 0 Å². The molecule has 0 saturated heterocycles. The van der Waals surface area contributed by atoms with Gasteiger partial charge in [-0.2, -0.15) is 5.10 Å². The van der Waals surface area contributed by atoms with Crippen LogP contribution in [0.25, 0.3) is 11.0 Å². The number of carbonyl (C=O) groups is 1. The lowest BCUT2D eigenvalue weighted by atomic mass is 10.1. The molecule has 0 unspecified atom stereocenters. The van der Waals surface area contributed by atoms with Gasteiger partial charge in [-0.25, -0.2) is 4.98 Å². The van der Waals surface area contributed by atoms with Crippen LogP contribution in [0.3, 0.4) is 0 Å². The lowest BCUT2D eigenvalue weighted by Crippen LogP contribution is -2.26. The molecule has 0 atom stereocenters. The minimum Gasteiger partial charge on any atom is -0.497 e. The van der Waals surface area contributed by atoms with Gasteiger partial charge in [0.1, 0.15) is 11.3 Å². The third kappa shape index (κ3) is 5.24. The predicted molar refractivity (Wildman–Crippen MR) is 140 cm³/mol. The first-order valence-electron chi connectivity index (χ1n) is 11.4. The summed E-state index contributed by atoms with van der Waals surface area (Å²) in [5.74, 6) is 0.665. The third-order valence-electron chi connectivity index (χ3n) is 5.76. The standard InChI is InChI=1S/C26H29N5O3S/c1-6-31-24-23(18(4)29-31)28-26(30(25(24)33)14-19-8-7-9-20(13-19)34-5)35-15-22(32)27-21-12-16(2)10-11-17(21)3/h7-13H,6,14-15H2,1-5H3,(H,27,32). The minimum atomic E-state index is -0.183. The van der Waals surface area contributed by atoms with Gasteiger partial charge in [0, 0.05) is 12.2 Å². The summed E-state index contributed by atoms with van der Waals surface area (Å²) in [5.41, 5.74) is 5.29. The molecule has 0 saturated carbocycles. The first kappa shape index (κ1) is 24.5. The van der Waals surface area contributed by atoms with Crippen LogP contribution in [0.1, 0.15) is 29.3 Å². The maximum Gasteiger partial charge on any atom is 0.280 e. The molecule has 182 valence electrons. The second-order valence-electron chi connectivity index (χ2n) is 8.39. The molecular formula is C26H29N5O3S. The Hall–Kier alpha value is -3.59. The number of methoxy groups -OCH3 is 1. The highest BCUT2D eigenvalue weighted by Crippen LogP contribution is 2.23. The number of aromatic nitrogens is 4. The van der Waals surface area contributed by atoms with E-state index >= 15 is 0 Å². The van der Waals surface area contributed by atoms with Crippen molar-refractivity contribution in [2.75, 3.05) is 18.2 Å². The van der Waals surface area contributed by atoms with Crippen molar-refractivity contribution in [2.45, 2.75) is 45.9 Å². The van der Waals surface area contributed by atoms with E-state index in [1.165, 1.54) is 11.8 Å². The number of benzene rings is 2. The fourth-order valence-corrected chi connectivity index (χ4v) is 4.70. The fraction of sp³-hybridized carbons (Fsp3) is 0.308. The first-order chi connectivity index (χ1) is 16.8. The van der Waals surface area contributed by atoms with Crippen LogP contribution in [-0.2, 0) is 17.9 Å². The summed E-state index contributed by atoms with van der Waals surface area (Å²) in [6, 6.07) is 13.5. The van der Waals surface area contributed by atoms with Gasteiger partial charge < -0.3 is 10.1 Å². The second kappa shape index (κ2) is 10.4. The van der Waals surface area contributed by atoms with Gasteiger partial charge in [-0.3, -0.25) is 18.8 Å². The molecule has 0 aliphatic heterocycles. The molecule has 9 heteroatoms. The molecule has 8 nitrogen and oxygen atoms in total. The van der Waals surface area contributed by atoms with E-state index in [-0.39, 0.29) is 17.2 Å². The summed E-state index contributed by atoms with van der Waals surface area (Å²) >= 11 is 1.24. The van der Waals surface area contributed by atoms with Crippen molar-refractivity contribution >= 4 is 34.4 Å². The average molecular weight is 492 g/mol. The zero-order valence-electron chi connectivity index (χ0n) is 20.6. The summed E-state index contributed by atoms with van der Waals surface area (Å²) < 4.78 is 8.64. The van der Waals surface area contributed by atoms with Crippen LogP contribution >= 0.6 is 11.8 Å². The van der Waals surface area contributed by atoms with Crippen LogP contribution < -0.4 is 15.6 Å². The number of nitrogens with zero attached hydrogens (tertiary/aromatic N) is 4. The molecule has 2 heterocycles. The highest BCUT2D eigenvalue weighted by Gasteiger charge is 2.19. The number of nitrogens with one attached hydrogen (secondary N) is 1. The second-order valence-corrected chi connectivity index (χ2v) is 9.33. The number of hydrogen-bond acceptors (Lipinski definition) is 6. The number of amides is 1. The van der Waals surface area contributed by atoms with Crippen LogP contribution in [0.5, 0.6) is 5.75 Å². The first-order valence-corrected chi connectivity index (χ1v) is 12.4. The molecule has 1 amide bonds. The predicted octanol–water partition coefficient (Wildman–Crippen LogP) is 4.33. The number of hydrogen-bond donors (Lipinski definition) is 1. The number of anilines is 1. The van der Waals surface area contributed by atoms with E-state index in [4.69, 9.17) is 9.72 Å². The lowest BCUT2D eigenvalue weighted by molar-refractivity contribution is -0.113. The molecule has 1 N–H and O–H groups in total. The largest absolute Gasteiger partial charge is 0.497 e. The number of ether oxygens (including phenoxy) is 1. The Morgan fingerprint density at radius 3 is 2.69 bits per heavy atom.